The third-order valence-electron chi connectivity index (χ3n) is 3.13. The first-order chi connectivity index (χ1) is 7.70. The van der Waals surface area contributed by atoms with E-state index in [9.17, 15) is 0 Å². The van der Waals surface area contributed by atoms with Crippen LogP contribution in [0.3, 0.4) is 0 Å². The van der Waals surface area contributed by atoms with Crippen LogP contribution in [0.15, 0.2) is 22.7 Å². The van der Waals surface area contributed by atoms with Gasteiger partial charge in [-0.2, -0.15) is 0 Å². The van der Waals surface area contributed by atoms with Crippen molar-refractivity contribution >= 4 is 27.5 Å². The summed E-state index contributed by atoms with van der Waals surface area (Å²) in [5.74, 6) is 0.913. The summed E-state index contributed by atoms with van der Waals surface area (Å²) in [6.45, 7) is 3.18. The van der Waals surface area contributed by atoms with Gasteiger partial charge in [-0.15, -0.1) is 0 Å². The fraction of sp³-hybridized carbons (Fsp3) is 0.538. The summed E-state index contributed by atoms with van der Waals surface area (Å²) in [5.41, 5.74) is 1.26. The van der Waals surface area contributed by atoms with E-state index in [-0.39, 0.29) is 0 Å². The first kappa shape index (κ1) is 12.4. The minimum Gasteiger partial charge on any atom is -0.310 e. The molecule has 1 N–H and O–H groups in total. The lowest BCUT2D eigenvalue weighted by molar-refractivity contribution is 0.599. The summed E-state index contributed by atoms with van der Waals surface area (Å²) in [6, 6.07) is 6.88. The molecule has 2 atom stereocenters. The summed E-state index contributed by atoms with van der Waals surface area (Å²) < 4.78 is 0.966. The third kappa shape index (κ3) is 3.22. The smallest absolute Gasteiger partial charge is 0.0551 e. The number of nitrogens with one attached hydrogen (secondary N) is 1. The molecule has 0 aromatic heterocycles. The van der Waals surface area contributed by atoms with Gasteiger partial charge in [0.2, 0.25) is 0 Å². The van der Waals surface area contributed by atoms with Crippen molar-refractivity contribution in [2.45, 2.75) is 38.8 Å². The Hall–Kier alpha value is -0.0500. The van der Waals surface area contributed by atoms with E-state index in [1.54, 1.807) is 0 Å². The van der Waals surface area contributed by atoms with Crippen molar-refractivity contribution in [3.63, 3.8) is 0 Å². The molecular weight excluding hydrogens is 286 g/mol. The minimum absolute atomic E-state index is 0.738. The van der Waals surface area contributed by atoms with Gasteiger partial charge >= 0.3 is 0 Å². The van der Waals surface area contributed by atoms with Gasteiger partial charge in [-0.05, 0) is 52.4 Å². The van der Waals surface area contributed by atoms with E-state index in [2.05, 4.69) is 34.2 Å². The Labute approximate surface area is 111 Å². The lowest BCUT2D eigenvalue weighted by atomic mass is 10.2. The lowest BCUT2D eigenvalue weighted by Gasteiger charge is -2.05. The van der Waals surface area contributed by atoms with Crippen LogP contribution < -0.4 is 5.32 Å². The molecule has 1 aromatic carbocycles. The number of rotatable bonds is 5. The predicted octanol–water partition coefficient (Wildman–Crippen LogP) is 4.38. The molecule has 2 unspecified atom stereocenters. The molecule has 88 valence electrons. The molecule has 1 aliphatic rings. The first-order valence-electron chi connectivity index (χ1n) is 5.88. The molecule has 0 spiro atoms. The second-order valence-electron chi connectivity index (χ2n) is 4.52. The van der Waals surface area contributed by atoms with Crippen LogP contribution in [-0.4, -0.2) is 6.04 Å². The summed E-state index contributed by atoms with van der Waals surface area (Å²) in [7, 11) is 0. The number of hydrogen-bond acceptors (Lipinski definition) is 1. The fourth-order valence-electron chi connectivity index (χ4n) is 2.09. The molecule has 0 aliphatic heterocycles. The Morgan fingerprint density at radius 1 is 1.50 bits per heavy atom. The third-order valence-corrected chi connectivity index (χ3v) is 4.37. The van der Waals surface area contributed by atoms with Crippen molar-refractivity contribution in [2.24, 2.45) is 5.92 Å². The summed E-state index contributed by atoms with van der Waals surface area (Å²) in [6.07, 6.45) is 4.00. The Bertz CT molecular complexity index is 367. The largest absolute Gasteiger partial charge is 0.310 e. The maximum Gasteiger partial charge on any atom is 0.0551 e. The topological polar surface area (TPSA) is 12.0 Å². The van der Waals surface area contributed by atoms with Gasteiger partial charge in [0.05, 0.1) is 5.02 Å². The van der Waals surface area contributed by atoms with Crippen LogP contribution >= 0.6 is 27.5 Å². The SMILES string of the molecule is CCCC1CC1NCc1ccc(Br)c(Cl)c1. The molecule has 0 heterocycles. The Kier molecular flexibility index (Phi) is 4.28. The maximum atomic E-state index is 6.05. The van der Waals surface area contributed by atoms with E-state index in [4.69, 9.17) is 11.6 Å². The Morgan fingerprint density at radius 3 is 3.00 bits per heavy atom. The van der Waals surface area contributed by atoms with E-state index in [0.29, 0.717) is 0 Å². The number of benzene rings is 1. The molecule has 3 heteroatoms. The highest BCUT2D eigenvalue weighted by atomic mass is 79.9. The molecule has 2 rings (SSSR count). The van der Waals surface area contributed by atoms with Gasteiger partial charge in [-0.25, -0.2) is 0 Å². The molecule has 0 saturated heterocycles. The molecule has 0 radical (unpaired) electrons. The maximum absolute atomic E-state index is 6.05. The molecular formula is C13H17BrClN. The van der Waals surface area contributed by atoms with Crippen molar-refractivity contribution in [3.8, 4) is 0 Å². The second kappa shape index (κ2) is 5.52. The van der Waals surface area contributed by atoms with Crippen LogP contribution in [0, 0.1) is 5.92 Å². The summed E-state index contributed by atoms with van der Waals surface area (Å²) in [4.78, 5) is 0. The van der Waals surface area contributed by atoms with Gasteiger partial charge in [0.1, 0.15) is 0 Å². The standard InChI is InChI=1S/C13H17BrClN/c1-2-3-10-7-13(10)16-8-9-4-5-11(14)12(15)6-9/h4-6,10,13,16H,2-3,7-8H2,1H3. The van der Waals surface area contributed by atoms with Crippen molar-refractivity contribution in [2.75, 3.05) is 0 Å². The molecule has 1 aromatic rings. The average Bonchev–Trinajstić information content (AvgIpc) is 2.99. The zero-order valence-electron chi connectivity index (χ0n) is 9.47. The van der Waals surface area contributed by atoms with E-state index in [1.165, 1.54) is 24.8 Å². The molecule has 1 fully saturated rings. The van der Waals surface area contributed by atoms with Crippen LogP contribution in [0.25, 0.3) is 0 Å². The number of halogens is 2. The van der Waals surface area contributed by atoms with Gasteiger partial charge < -0.3 is 5.32 Å². The summed E-state index contributed by atoms with van der Waals surface area (Å²) in [5, 5.41) is 4.37. The molecule has 16 heavy (non-hydrogen) atoms. The monoisotopic (exact) mass is 301 g/mol. The normalized spacial score (nSPS) is 23.4. The molecule has 1 aliphatic carbocycles. The van der Waals surface area contributed by atoms with Gasteiger partial charge in [0, 0.05) is 17.1 Å². The van der Waals surface area contributed by atoms with Gasteiger partial charge in [-0.3, -0.25) is 0 Å². The molecule has 0 bridgehead atoms. The Morgan fingerprint density at radius 2 is 2.31 bits per heavy atom. The van der Waals surface area contributed by atoms with E-state index < -0.39 is 0 Å². The predicted molar refractivity (Wildman–Crippen MR) is 72.8 cm³/mol. The Balaban J connectivity index is 1.80. The van der Waals surface area contributed by atoms with Crippen LogP contribution in [0.4, 0.5) is 0 Å². The highest BCUT2D eigenvalue weighted by molar-refractivity contribution is 9.10. The van der Waals surface area contributed by atoms with Gasteiger partial charge in [0.15, 0.2) is 0 Å². The van der Waals surface area contributed by atoms with E-state index >= 15 is 0 Å². The zero-order valence-corrected chi connectivity index (χ0v) is 11.8. The van der Waals surface area contributed by atoms with Crippen molar-refractivity contribution in [1.29, 1.82) is 0 Å². The van der Waals surface area contributed by atoms with Crippen LogP contribution in [0.1, 0.15) is 31.7 Å². The van der Waals surface area contributed by atoms with Gasteiger partial charge in [-0.1, -0.05) is 31.0 Å². The summed E-state index contributed by atoms with van der Waals surface area (Å²) >= 11 is 9.45. The number of hydrogen-bond donors (Lipinski definition) is 1. The van der Waals surface area contributed by atoms with E-state index in [0.717, 1.165) is 28.0 Å². The minimum atomic E-state index is 0.738. The second-order valence-corrected chi connectivity index (χ2v) is 5.78. The highest BCUT2D eigenvalue weighted by Gasteiger charge is 2.35. The molecule has 1 saturated carbocycles. The van der Waals surface area contributed by atoms with Crippen molar-refractivity contribution < 1.29 is 0 Å². The van der Waals surface area contributed by atoms with Crippen LogP contribution in [0.5, 0.6) is 0 Å². The molecule has 1 nitrogen and oxygen atoms in total. The van der Waals surface area contributed by atoms with Crippen molar-refractivity contribution in [3.05, 3.63) is 33.3 Å². The van der Waals surface area contributed by atoms with Crippen molar-refractivity contribution in [1.82, 2.24) is 5.32 Å². The highest BCUT2D eigenvalue weighted by Crippen LogP contribution is 2.34. The average molecular weight is 303 g/mol. The van der Waals surface area contributed by atoms with Crippen LogP contribution in [-0.2, 0) is 6.54 Å². The first-order valence-corrected chi connectivity index (χ1v) is 7.05. The quantitative estimate of drug-likeness (QED) is 0.851. The zero-order chi connectivity index (χ0) is 11.5. The fourth-order valence-corrected chi connectivity index (χ4v) is 2.54. The van der Waals surface area contributed by atoms with E-state index in [1.807, 2.05) is 12.1 Å². The lowest BCUT2D eigenvalue weighted by Crippen LogP contribution is -2.17. The van der Waals surface area contributed by atoms with Crippen LogP contribution in [0.2, 0.25) is 5.02 Å². The van der Waals surface area contributed by atoms with Gasteiger partial charge in [0.25, 0.3) is 0 Å². The molecule has 0 amide bonds.